The summed E-state index contributed by atoms with van der Waals surface area (Å²) >= 11 is 1.90. The Hall–Kier alpha value is -1.91. The van der Waals surface area contributed by atoms with Gasteiger partial charge < -0.3 is 4.42 Å². The second-order valence-electron chi connectivity index (χ2n) is 7.83. The van der Waals surface area contributed by atoms with Crippen molar-refractivity contribution >= 4 is 22.3 Å². The van der Waals surface area contributed by atoms with E-state index in [1.807, 2.05) is 17.4 Å². The summed E-state index contributed by atoms with van der Waals surface area (Å²) in [6.07, 6.45) is 3.77. The van der Waals surface area contributed by atoms with Gasteiger partial charge in [-0.3, -0.25) is 4.90 Å². The predicted octanol–water partition coefficient (Wildman–Crippen LogP) is 4.98. The third-order valence-electron chi connectivity index (χ3n) is 6.00. The molecule has 0 N–H and O–H groups in total. The zero-order chi connectivity index (χ0) is 17.8. The van der Waals surface area contributed by atoms with Crippen molar-refractivity contribution in [1.29, 1.82) is 0 Å². The number of aryl methyl sites for hydroxylation is 2. The molecule has 2 aliphatic rings. The summed E-state index contributed by atoms with van der Waals surface area (Å²) in [7, 11) is 0. The van der Waals surface area contributed by atoms with Crippen LogP contribution in [0, 0.1) is 19.8 Å². The highest BCUT2D eigenvalue weighted by atomic mass is 32.1. The fraction of sp³-hybridized carbons (Fsp3) is 0.409. The van der Waals surface area contributed by atoms with Crippen molar-refractivity contribution < 1.29 is 4.42 Å². The maximum atomic E-state index is 12.1. The lowest BCUT2D eigenvalue weighted by molar-refractivity contribution is 0.158. The van der Waals surface area contributed by atoms with Crippen LogP contribution in [-0.4, -0.2) is 11.4 Å². The molecule has 26 heavy (non-hydrogen) atoms. The quantitative estimate of drug-likeness (QED) is 0.614. The zero-order valence-electron chi connectivity index (χ0n) is 15.2. The number of nitrogens with zero attached hydrogens (tertiary/aromatic N) is 1. The van der Waals surface area contributed by atoms with Crippen LogP contribution in [0.3, 0.4) is 0 Å². The fourth-order valence-electron chi connectivity index (χ4n) is 4.37. The largest absolute Gasteiger partial charge is 0.423 e. The van der Waals surface area contributed by atoms with Gasteiger partial charge in [0.25, 0.3) is 0 Å². The molecule has 0 spiro atoms. The van der Waals surface area contributed by atoms with E-state index in [1.165, 1.54) is 24.0 Å². The maximum absolute atomic E-state index is 12.1. The molecule has 1 aliphatic carbocycles. The molecule has 0 bridgehead atoms. The van der Waals surface area contributed by atoms with Crippen molar-refractivity contribution in [3.05, 3.63) is 67.2 Å². The second-order valence-corrected chi connectivity index (χ2v) is 8.83. The Balaban J connectivity index is 1.57. The number of fused-ring (bicyclic) bond motifs is 2. The molecule has 1 atom stereocenters. The maximum Gasteiger partial charge on any atom is 0.336 e. The van der Waals surface area contributed by atoms with Crippen LogP contribution in [0.4, 0.5) is 0 Å². The van der Waals surface area contributed by atoms with E-state index in [-0.39, 0.29) is 5.63 Å². The molecule has 134 valence electrons. The van der Waals surface area contributed by atoms with Gasteiger partial charge in [0, 0.05) is 35.5 Å². The first-order chi connectivity index (χ1) is 12.6. The van der Waals surface area contributed by atoms with Crippen molar-refractivity contribution in [3.8, 4) is 0 Å². The van der Waals surface area contributed by atoms with Crippen LogP contribution in [0.15, 0.2) is 38.9 Å². The Morgan fingerprint density at radius 1 is 1.19 bits per heavy atom. The van der Waals surface area contributed by atoms with E-state index < -0.39 is 0 Å². The highest BCUT2D eigenvalue weighted by Crippen LogP contribution is 2.48. The zero-order valence-corrected chi connectivity index (χ0v) is 16.1. The van der Waals surface area contributed by atoms with E-state index in [9.17, 15) is 4.79 Å². The summed E-state index contributed by atoms with van der Waals surface area (Å²) in [5.41, 5.74) is 5.50. The summed E-state index contributed by atoms with van der Waals surface area (Å²) in [5.74, 6) is 0.777. The van der Waals surface area contributed by atoms with Crippen molar-refractivity contribution in [2.45, 2.75) is 45.7 Å². The Morgan fingerprint density at radius 3 is 2.81 bits per heavy atom. The predicted molar refractivity (Wildman–Crippen MR) is 106 cm³/mol. The van der Waals surface area contributed by atoms with Crippen LogP contribution in [0.2, 0.25) is 0 Å². The van der Waals surface area contributed by atoms with Gasteiger partial charge in [0.05, 0.1) is 0 Å². The van der Waals surface area contributed by atoms with Gasteiger partial charge in [0.1, 0.15) is 5.58 Å². The third kappa shape index (κ3) is 2.72. The van der Waals surface area contributed by atoms with E-state index in [1.54, 1.807) is 10.9 Å². The lowest BCUT2D eigenvalue weighted by Gasteiger charge is -2.36. The molecule has 0 unspecified atom stereocenters. The van der Waals surface area contributed by atoms with Crippen molar-refractivity contribution in [1.82, 2.24) is 4.90 Å². The SMILES string of the molecule is Cc1cc2oc(=O)cc(CN3CCc4sccc4[C@H]3C3CC3)c2cc1C. The monoisotopic (exact) mass is 365 g/mol. The number of hydrogen-bond acceptors (Lipinski definition) is 4. The van der Waals surface area contributed by atoms with Gasteiger partial charge in [-0.05, 0) is 84.9 Å². The number of thiophene rings is 1. The molecule has 1 aromatic carbocycles. The lowest BCUT2D eigenvalue weighted by Crippen LogP contribution is -2.35. The average molecular weight is 365 g/mol. The first-order valence-corrected chi connectivity index (χ1v) is 10.3. The number of rotatable bonds is 3. The van der Waals surface area contributed by atoms with Gasteiger partial charge in [0.15, 0.2) is 0 Å². The van der Waals surface area contributed by atoms with Crippen molar-refractivity contribution in [2.75, 3.05) is 6.54 Å². The molecule has 3 nitrogen and oxygen atoms in total. The van der Waals surface area contributed by atoms with Gasteiger partial charge in [0.2, 0.25) is 0 Å². The molecule has 5 rings (SSSR count). The van der Waals surface area contributed by atoms with Crippen LogP contribution in [0.25, 0.3) is 11.0 Å². The summed E-state index contributed by atoms with van der Waals surface area (Å²) < 4.78 is 5.49. The lowest BCUT2D eigenvalue weighted by atomic mass is 9.94. The van der Waals surface area contributed by atoms with E-state index in [0.717, 1.165) is 41.9 Å². The van der Waals surface area contributed by atoms with Gasteiger partial charge in [-0.1, -0.05) is 0 Å². The van der Waals surface area contributed by atoms with Crippen molar-refractivity contribution in [3.63, 3.8) is 0 Å². The molecular weight excluding hydrogens is 342 g/mol. The van der Waals surface area contributed by atoms with E-state index in [2.05, 4.69) is 36.3 Å². The molecule has 0 radical (unpaired) electrons. The minimum atomic E-state index is -0.244. The Labute approximate surface area is 157 Å². The Morgan fingerprint density at radius 2 is 2.00 bits per heavy atom. The highest BCUT2D eigenvalue weighted by molar-refractivity contribution is 7.10. The molecule has 3 heterocycles. The minimum Gasteiger partial charge on any atom is -0.423 e. The van der Waals surface area contributed by atoms with Crippen LogP contribution in [0.1, 0.15) is 46.0 Å². The van der Waals surface area contributed by atoms with Crippen LogP contribution in [-0.2, 0) is 13.0 Å². The molecule has 3 aromatic rings. The highest BCUT2D eigenvalue weighted by Gasteiger charge is 2.39. The summed E-state index contributed by atoms with van der Waals surface area (Å²) in [6, 6.07) is 8.71. The van der Waals surface area contributed by atoms with E-state index >= 15 is 0 Å². The molecule has 0 amide bonds. The molecule has 0 saturated heterocycles. The fourth-order valence-corrected chi connectivity index (χ4v) is 5.29. The molecule has 1 saturated carbocycles. The normalized spacial score (nSPS) is 20.5. The standard InChI is InChI=1S/C22H23NO2S/c1-13-9-18-16(11-21(24)25-19(18)10-14(13)2)12-23-7-5-20-17(6-8-26-20)22(23)15-3-4-15/h6,8-11,15,22H,3-5,7,12H2,1-2H3/t22-/m1/s1. The first-order valence-electron chi connectivity index (χ1n) is 9.44. The minimum absolute atomic E-state index is 0.244. The van der Waals surface area contributed by atoms with E-state index in [0.29, 0.717) is 11.6 Å². The molecule has 1 aliphatic heterocycles. The molecular formula is C22H23NO2S. The Bertz CT molecular complexity index is 1040. The van der Waals surface area contributed by atoms with Crippen molar-refractivity contribution in [2.24, 2.45) is 5.92 Å². The third-order valence-corrected chi connectivity index (χ3v) is 7.00. The van der Waals surface area contributed by atoms with Crippen LogP contribution in [0.5, 0.6) is 0 Å². The number of benzene rings is 1. The smallest absolute Gasteiger partial charge is 0.336 e. The van der Waals surface area contributed by atoms with Crippen LogP contribution < -0.4 is 5.63 Å². The molecule has 1 fully saturated rings. The van der Waals surface area contributed by atoms with Gasteiger partial charge in [-0.25, -0.2) is 4.79 Å². The molecule has 4 heteroatoms. The topological polar surface area (TPSA) is 33.5 Å². The summed E-state index contributed by atoms with van der Waals surface area (Å²) in [4.78, 5) is 16.3. The summed E-state index contributed by atoms with van der Waals surface area (Å²) in [5, 5.41) is 3.32. The van der Waals surface area contributed by atoms with E-state index in [4.69, 9.17) is 4.42 Å². The van der Waals surface area contributed by atoms with Gasteiger partial charge in [-0.2, -0.15) is 0 Å². The van der Waals surface area contributed by atoms with Gasteiger partial charge in [-0.15, -0.1) is 11.3 Å². The molecule has 2 aromatic heterocycles. The van der Waals surface area contributed by atoms with Crippen LogP contribution >= 0.6 is 11.3 Å². The average Bonchev–Trinajstić information content (AvgIpc) is 3.32. The Kier molecular flexibility index (Phi) is 3.80. The number of hydrogen-bond donors (Lipinski definition) is 0. The second kappa shape index (κ2) is 6.07. The van der Waals surface area contributed by atoms with Gasteiger partial charge >= 0.3 is 5.63 Å². The first kappa shape index (κ1) is 16.3. The summed E-state index contributed by atoms with van der Waals surface area (Å²) in [6.45, 7) is 6.07.